The van der Waals surface area contributed by atoms with E-state index >= 15 is 0 Å². The summed E-state index contributed by atoms with van der Waals surface area (Å²) < 4.78 is 0. The number of rotatable bonds is 4. The first-order chi connectivity index (χ1) is 11.2. The molecule has 0 N–H and O–H groups in total. The molecular weight excluding hydrogens is 276 g/mol. The van der Waals surface area contributed by atoms with E-state index in [1.165, 1.54) is 57.8 Å². The molecule has 4 rings (SSSR count). The molecule has 0 aromatic carbocycles. The second-order valence-corrected chi connectivity index (χ2v) is 9.44. The van der Waals surface area contributed by atoms with Gasteiger partial charge in [0.05, 0.1) is 0 Å². The Bertz CT molecular complexity index is 472. The molecule has 0 amide bonds. The van der Waals surface area contributed by atoms with Gasteiger partial charge in [-0.3, -0.25) is 0 Å². The summed E-state index contributed by atoms with van der Waals surface area (Å²) in [6, 6.07) is 0. The molecule has 0 radical (unpaired) electrons. The molecule has 0 aromatic rings. The van der Waals surface area contributed by atoms with Gasteiger partial charge in [0.2, 0.25) is 0 Å². The SMILES string of the molecule is CCCCC[C@H]1C[C@]2(C)CCC[C@H]2[C@@H]2CCC3C=CC=C[C@@H]3[C@@H]12. The van der Waals surface area contributed by atoms with Gasteiger partial charge >= 0.3 is 0 Å². The molecule has 0 aromatic heterocycles. The second kappa shape index (κ2) is 6.41. The van der Waals surface area contributed by atoms with Crippen LogP contribution in [0.3, 0.4) is 0 Å². The molecule has 0 heterocycles. The zero-order valence-electron chi connectivity index (χ0n) is 15.3. The molecule has 128 valence electrons. The van der Waals surface area contributed by atoms with Crippen LogP contribution in [0, 0.1) is 40.9 Å². The maximum Gasteiger partial charge on any atom is -0.0134 e. The molecule has 0 aliphatic heterocycles. The summed E-state index contributed by atoms with van der Waals surface area (Å²) in [6.45, 7) is 5.01. The molecule has 0 nitrogen and oxygen atoms in total. The van der Waals surface area contributed by atoms with E-state index in [1.807, 2.05) is 0 Å². The van der Waals surface area contributed by atoms with Crippen LogP contribution in [-0.4, -0.2) is 0 Å². The van der Waals surface area contributed by atoms with Gasteiger partial charge in [-0.1, -0.05) is 70.3 Å². The summed E-state index contributed by atoms with van der Waals surface area (Å²) in [4.78, 5) is 0. The van der Waals surface area contributed by atoms with Gasteiger partial charge < -0.3 is 0 Å². The molecule has 4 aliphatic rings. The third-order valence-corrected chi connectivity index (χ3v) is 8.20. The molecular formula is C23H36. The van der Waals surface area contributed by atoms with Gasteiger partial charge in [-0.15, -0.1) is 0 Å². The Morgan fingerprint density at radius 2 is 1.91 bits per heavy atom. The lowest BCUT2D eigenvalue weighted by atomic mass is 9.48. The Balaban J connectivity index is 1.60. The first-order valence-corrected chi connectivity index (χ1v) is 10.6. The molecule has 3 fully saturated rings. The van der Waals surface area contributed by atoms with E-state index in [9.17, 15) is 0 Å². The molecule has 23 heavy (non-hydrogen) atoms. The van der Waals surface area contributed by atoms with E-state index in [1.54, 1.807) is 6.42 Å². The average molecular weight is 313 g/mol. The Kier molecular flexibility index (Phi) is 4.45. The van der Waals surface area contributed by atoms with Gasteiger partial charge in [0.25, 0.3) is 0 Å². The number of hydrogen-bond donors (Lipinski definition) is 0. The van der Waals surface area contributed by atoms with E-state index in [2.05, 4.69) is 38.2 Å². The summed E-state index contributed by atoms with van der Waals surface area (Å²) in [5.41, 5.74) is 0.694. The quantitative estimate of drug-likeness (QED) is 0.502. The van der Waals surface area contributed by atoms with Crippen LogP contribution >= 0.6 is 0 Å². The molecule has 0 bridgehead atoms. The lowest BCUT2D eigenvalue weighted by Crippen LogP contribution is -2.49. The summed E-state index contributed by atoms with van der Waals surface area (Å²) in [5.74, 6) is 5.84. The van der Waals surface area contributed by atoms with Crippen LogP contribution in [0.4, 0.5) is 0 Å². The first-order valence-electron chi connectivity index (χ1n) is 10.6. The second-order valence-electron chi connectivity index (χ2n) is 9.44. The van der Waals surface area contributed by atoms with Crippen molar-refractivity contribution < 1.29 is 0 Å². The highest BCUT2D eigenvalue weighted by Gasteiger charge is 2.55. The summed E-state index contributed by atoms with van der Waals surface area (Å²) in [6.07, 6.45) is 24.7. The Morgan fingerprint density at radius 3 is 2.78 bits per heavy atom. The zero-order valence-corrected chi connectivity index (χ0v) is 15.3. The van der Waals surface area contributed by atoms with Gasteiger partial charge in [0, 0.05) is 0 Å². The predicted octanol–water partition coefficient (Wildman–Crippen LogP) is 6.78. The van der Waals surface area contributed by atoms with Crippen LogP contribution in [0.5, 0.6) is 0 Å². The van der Waals surface area contributed by atoms with Gasteiger partial charge in [0.15, 0.2) is 0 Å². The third kappa shape index (κ3) is 2.75. The molecule has 3 saturated carbocycles. The summed E-state index contributed by atoms with van der Waals surface area (Å²) in [7, 11) is 0. The highest BCUT2D eigenvalue weighted by molar-refractivity contribution is 5.19. The standard InChI is InChI=1S/C23H36/c1-3-4-5-10-18-16-23(2)15-8-12-21(23)20-14-13-17-9-6-7-11-19(17)22(18)20/h6-7,9,11,17-22H,3-5,8,10,12-16H2,1-2H3/t17?,18-,19-,20-,21-,22+,23-/m0/s1. The van der Waals surface area contributed by atoms with Crippen molar-refractivity contribution in [3.05, 3.63) is 24.3 Å². The smallest absolute Gasteiger partial charge is 0.0134 e. The van der Waals surface area contributed by atoms with Crippen molar-refractivity contribution in [1.29, 1.82) is 0 Å². The minimum absolute atomic E-state index is 0.694. The van der Waals surface area contributed by atoms with Crippen molar-refractivity contribution in [2.24, 2.45) is 40.9 Å². The van der Waals surface area contributed by atoms with Crippen LogP contribution in [0.25, 0.3) is 0 Å². The van der Waals surface area contributed by atoms with Crippen molar-refractivity contribution >= 4 is 0 Å². The van der Waals surface area contributed by atoms with Crippen LogP contribution in [0.15, 0.2) is 24.3 Å². The predicted molar refractivity (Wildman–Crippen MR) is 99.2 cm³/mol. The maximum atomic E-state index is 2.66. The number of unbranched alkanes of at least 4 members (excludes halogenated alkanes) is 2. The van der Waals surface area contributed by atoms with E-state index in [0.29, 0.717) is 5.41 Å². The monoisotopic (exact) mass is 312 g/mol. The normalized spacial score (nSPS) is 47.9. The van der Waals surface area contributed by atoms with E-state index in [0.717, 1.165) is 35.5 Å². The van der Waals surface area contributed by atoms with Crippen molar-refractivity contribution in [1.82, 2.24) is 0 Å². The molecule has 4 aliphatic carbocycles. The Morgan fingerprint density at radius 1 is 1.04 bits per heavy atom. The van der Waals surface area contributed by atoms with Gasteiger partial charge in [-0.05, 0) is 73.0 Å². The third-order valence-electron chi connectivity index (χ3n) is 8.20. The lowest BCUT2D eigenvalue weighted by Gasteiger charge is -2.56. The van der Waals surface area contributed by atoms with E-state index < -0.39 is 0 Å². The van der Waals surface area contributed by atoms with E-state index in [4.69, 9.17) is 0 Å². The average Bonchev–Trinajstić information content (AvgIpc) is 2.96. The molecule has 0 heteroatoms. The Labute approximate surface area is 143 Å². The molecule has 0 spiro atoms. The van der Waals surface area contributed by atoms with Gasteiger partial charge in [-0.25, -0.2) is 0 Å². The topological polar surface area (TPSA) is 0 Å². The molecule has 1 unspecified atom stereocenters. The van der Waals surface area contributed by atoms with Crippen molar-refractivity contribution in [2.75, 3.05) is 0 Å². The molecule has 0 saturated heterocycles. The van der Waals surface area contributed by atoms with Crippen molar-refractivity contribution in [2.45, 2.75) is 78.1 Å². The fraction of sp³-hybridized carbons (Fsp3) is 0.826. The first kappa shape index (κ1) is 16.0. The fourth-order valence-electron chi connectivity index (χ4n) is 7.30. The number of hydrogen-bond acceptors (Lipinski definition) is 0. The number of allylic oxidation sites excluding steroid dienone is 4. The highest BCUT2D eigenvalue weighted by Crippen LogP contribution is 2.63. The summed E-state index contributed by atoms with van der Waals surface area (Å²) >= 11 is 0. The lowest BCUT2D eigenvalue weighted by molar-refractivity contribution is -0.0609. The Hall–Kier alpha value is -0.520. The fourth-order valence-corrected chi connectivity index (χ4v) is 7.30. The number of fused-ring (bicyclic) bond motifs is 5. The zero-order chi connectivity index (χ0) is 15.9. The molecule has 7 atom stereocenters. The maximum absolute atomic E-state index is 2.66. The van der Waals surface area contributed by atoms with Crippen molar-refractivity contribution in [3.8, 4) is 0 Å². The minimum Gasteiger partial charge on any atom is -0.0808 e. The largest absolute Gasteiger partial charge is 0.0808 e. The minimum atomic E-state index is 0.694. The van der Waals surface area contributed by atoms with Crippen LogP contribution in [0.2, 0.25) is 0 Å². The van der Waals surface area contributed by atoms with Gasteiger partial charge in [0.1, 0.15) is 0 Å². The van der Waals surface area contributed by atoms with Crippen LogP contribution in [0.1, 0.15) is 78.1 Å². The van der Waals surface area contributed by atoms with Crippen molar-refractivity contribution in [3.63, 3.8) is 0 Å². The van der Waals surface area contributed by atoms with Gasteiger partial charge in [-0.2, -0.15) is 0 Å². The van der Waals surface area contributed by atoms with Crippen LogP contribution in [-0.2, 0) is 0 Å². The summed E-state index contributed by atoms with van der Waals surface area (Å²) in [5, 5.41) is 0. The van der Waals surface area contributed by atoms with Crippen LogP contribution < -0.4 is 0 Å². The highest BCUT2D eigenvalue weighted by atomic mass is 14.6. The van der Waals surface area contributed by atoms with E-state index in [-0.39, 0.29) is 0 Å².